The molecule has 138 valence electrons. The number of carbonyl (C=O) groups is 1. The van der Waals surface area contributed by atoms with Gasteiger partial charge in [-0.3, -0.25) is 9.78 Å². The first-order valence-electron chi connectivity index (χ1n) is 10.0. The van der Waals surface area contributed by atoms with Gasteiger partial charge in [-0.25, -0.2) is 0 Å². The minimum atomic E-state index is -0.226. The molecule has 3 nitrogen and oxygen atoms in total. The molecule has 2 aromatic rings. The number of phenols is 1. The highest BCUT2D eigenvalue weighted by Gasteiger charge is 2.56. The molecule has 2 saturated carbocycles. The minimum absolute atomic E-state index is 0.226. The molecule has 4 atom stereocenters. The van der Waals surface area contributed by atoms with Crippen molar-refractivity contribution in [2.75, 3.05) is 0 Å². The summed E-state index contributed by atoms with van der Waals surface area (Å²) in [7, 11) is 0. The average molecular weight is 359 g/mol. The summed E-state index contributed by atoms with van der Waals surface area (Å²) in [5.41, 5.74) is 4.31. The van der Waals surface area contributed by atoms with Crippen LogP contribution in [0.15, 0.2) is 48.2 Å². The Balaban J connectivity index is 1.50. The number of Topliss-reactive ketones (excluding diaryl/α,β-unsaturated/α-hetero) is 1. The van der Waals surface area contributed by atoms with E-state index in [1.165, 1.54) is 11.1 Å². The molecule has 1 heterocycles. The van der Waals surface area contributed by atoms with Gasteiger partial charge in [0.2, 0.25) is 0 Å². The fourth-order valence-corrected chi connectivity index (χ4v) is 6.01. The van der Waals surface area contributed by atoms with Crippen molar-refractivity contribution in [3.05, 3.63) is 65.0 Å². The van der Waals surface area contributed by atoms with Gasteiger partial charge in [0.05, 0.1) is 5.69 Å². The summed E-state index contributed by atoms with van der Waals surface area (Å²) in [5, 5.41) is 9.83. The second-order valence-corrected chi connectivity index (χ2v) is 8.71. The molecule has 0 aliphatic heterocycles. The monoisotopic (exact) mass is 359 g/mol. The summed E-state index contributed by atoms with van der Waals surface area (Å²) in [6.45, 7) is 2.20. The highest BCUT2D eigenvalue weighted by Crippen LogP contribution is 2.60. The van der Waals surface area contributed by atoms with Crippen molar-refractivity contribution in [1.29, 1.82) is 0 Å². The first kappa shape index (κ1) is 16.7. The third kappa shape index (κ3) is 2.55. The van der Waals surface area contributed by atoms with Gasteiger partial charge in [0, 0.05) is 11.6 Å². The van der Waals surface area contributed by atoms with Gasteiger partial charge in [-0.1, -0.05) is 19.1 Å². The van der Waals surface area contributed by atoms with Crippen molar-refractivity contribution in [1.82, 2.24) is 4.98 Å². The molecule has 3 unspecified atom stereocenters. The fraction of sp³-hybridized carbons (Fsp3) is 0.417. The highest BCUT2D eigenvalue weighted by molar-refractivity contribution is 6.05. The highest BCUT2D eigenvalue weighted by atomic mass is 16.3. The number of allylic oxidation sites excluding steroid dienone is 1. The number of rotatable bonds is 1. The van der Waals surface area contributed by atoms with E-state index in [2.05, 4.69) is 18.0 Å². The minimum Gasteiger partial charge on any atom is -0.508 e. The molecule has 0 saturated heterocycles. The van der Waals surface area contributed by atoms with E-state index in [0.717, 1.165) is 43.4 Å². The zero-order valence-electron chi connectivity index (χ0n) is 15.7. The number of hydrogen-bond acceptors (Lipinski definition) is 3. The lowest BCUT2D eigenvalue weighted by atomic mass is 9.55. The second-order valence-electron chi connectivity index (χ2n) is 8.71. The SMILES string of the molecule is C[C@]12CCC3c4ccc(O)cc4CCC3C1CC(=Cc1ccccn1)C2=O. The number of aromatic hydroxyl groups is 1. The van der Waals surface area contributed by atoms with Crippen LogP contribution in [0.2, 0.25) is 0 Å². The lowest BCUT2D eigenvalue weighted by Gasteiger charge is -2.48. The van der Waals surface area contributed by atoms with E-state index in [1.54, 1.807) is 6.20 Å². The smallest absolute Gasteiger partial charge is 0.165 e. The van der Waals surface area contributed by atoms with E-state index in [4.69, 9.17) is 0 Å². The summed E-state index contributed by atoms with van der Waals surface area (Å²) in [4.78, 5) is 17.7. The molecular formula is C24H25NO2. The number of benzene rings is 1. The van der Waals surface area contributed by atoms with Gasteiger partial charge < -0.3 is 5.11 Å². The topological polar surface area (TPSA) is 50.2 Å². The predicted molar refractivity (Wildman–Crippen MR) is 105 cm³/mol. The van der Waals surface area contributed by atoms with E-state index in [9.17, 15) is 9.90 Å². The molecule has 0 amide bonds. The van der Waals surface area contributed by atoms with Gasteiger partial charge in [0.15, 0.2) is 5.78 Å². The average Bonchev–Trinajstić information content (AvgIpc) is 2.93. The molecular weight excluding hydrogens is 334 g/mol. The first-order valence-corrected chi connectivity index (χ1v) is 10.0. The Morgan fingerprint density at radius 1 is 1.22 bits per heavy atom. The maximum atomic E-state index is 13.3. The Labute approximate surface area is 160 Å². The van der Waals surface area contributed by atoms with Crippen LogP contribution in [0.5, 0.6) is 5.75 Å². The molecule has 3 aliphatic carbocycles. The number of carbonyl (C=O) groups excluding carboxylic acids is 1. The maximum absolute atomic E-state index is 13.3. The van der Waals surface area contributed by atoms with Gasteiger partial charge in [0.1, 0.15) is 5.75 Å². The zero-order valence-corrected chi connectivity index (χ0v) is 15.7. The van der Waals surface area contributed by atoms with Crippen LogP contribution >= 0.6 is 0 Å². The molecule has 3 aliphatic rings. The van der Waals surface area contributed by atoms with E-state index in [0.29, 0.717) is 29.3 Å². The van der Waals surface area contributed by atoms with Gasteiger partial charge in [-0.15, -0.1) is 0 Å². The van der Waals surface area contributed by atoms with Gasteiger partial charge in [0.25, 0.3) is 0 Å². The summed E-state index contributed by atoms with van der Waals surface area (Å²) in [6, 6.07) is 11.7. The zero-order chi connectivity index (χ0) is 18.6. The van der Waals surface area contributed by atoms with Crippen LogP contribution in [0.1, 0.15) is 55.3 Å². The molecule has 1 aromatic carbocycles. The number of phenolic OH excluding ortho intramolecular Hbond substituents is 1. The van der Waals surface area contributed by atoms with Gasteiger partial charge >= 0.3 is 0 Å². The Kier molecular flexibility index (Phi) is 3.75. The number of ketones is 1. The molecule has 0 radical (unpaired) electrons. The van der Waals surface area contributed by atoms with Crippen LogP contribution in [0.25, 0.3) is 6.08 Å². The van der Waals surface area contributed by atoms with Crippen molar-refractivity contribution in [2.24, 2.45) is 17.3 Å². The molecule has 3 heteroatoms. The second kappa shape index (κ2) is 6.05. The molecule has 1 N–H and O–H groups in total. The summed E-state index contributed by atoms with van der Waals surface area (Å²) in [6.07, 6.45) is 8.81. The van der Waals surface area contributed by atoms with Gasteiger partial charge in [-0.2, -0.15) is 0 Å². The summed E-state index contributed by atoms with van der Waals surface area (Å²) >= 11 is 0. The Bertz CT molecular complexity index is 933. The fourth-order valence-electron chi connectivity index (χ4n) is 6.01. The van der Waals surface area contributed by atoms with Crippen LogP contribution in [0, 0.1) is 17.3 Å². The van der Waals surface area contributed by atoms with Crippen LogP contribution < -0.4 is 0 Å². The molecule has 1 aromatic heterocycles. The number of aryl methyl sites for hydroxylation is 1. The number of nitrogens with zero attached hydrogens (tertiary/aromatic N) is 1. The Morgan fingerprint density at radius 3 is 2.93 bits per heavy atom. The number of pyridine rings is 1. The first-order chi connectivity index (χ1) is 13.1. The van der Waals surface area contributed by atoms with Crippen molar-refractivity contribution in [3.63, 3.8) is 0 Å². The lowest BCUT2D eigenvalue weighted by Crippen LogP contribution is -2.42. The van der Waals surface area contributed by atoms with Crippen molar-refractivity contribution in [2.45, 2.75) is 44.9 Å². The van der Waals surface area contributed by atoms with Gasteiger partial charge in [-0.05, 0) is 96.9 Å². The quantitative estimate of drug-likeness (QED) is 0.736. The predicted octanol–water partition coefficient (Wildman–Crippen LogP) is 4.91. The van der Waals surface area contributed by atoms with Crippen molar-refractivity contribution < 1.29 is 9.90 Å². The summed E-state index contributed by atoms with van der Waals surface area (Å²) in [5.74, 6) is 2.20. The standard InChI is InChI=1S/C24H25NO2/c1-24-10-9-20-19-8-6-18(26)13-15(19)5-7-21(20)22(24)14-16(23(24)27)12-17-4-2-3-11-25-17/h2-4,6,8,11-13,20-22,26H,5,7,9-10,14H2,1H3/t20?,21?,22?,24-/m0/s1. The third-order valence-electron chi connectivity index (χ3n) is 7.36. The van der Waals surface area contributed by atoms with E-state index in [1.807, 2.05) is 36.4 Å². The van der Waals surface area contributed by atoms with Crippen LogP contribution in [-0.2, 0) is 11.2 Å². The van der Waals surface area contributed by atoms with Crippen molar-refractivity contribution in [3.8, 4) is 5.75 Å². The van der Waals surface area contributed by atoms with Crippen LogP contribution in [-0.4, -0.2) is 15.9 Å². The van der Waals surface area contributed by atoms with Crippen LogP contribution in [0.3, 0.4) is 0 Å². The molecule has 27 heavy (non-hydrogen) atoms. The summed E-state index contributed by atoms with van der Waals surface area (Å²) < 4.78 is 0. The van der Waals surface area contributed by atoms with E-state index >= 15 is 0 Å². The Morgan fingerprint density at radius 2 is 2.11 bits per heavy atom. The molecule has 0 spiro atoms. The number of fused-ring (bicyclic) bond motifs is 5. The maximum Gasteiger partial charge on any atom is 0.165 e. The third-order valence-corrected chi connectivity index (χ3v) is 7.36. The normalized spacial score (nSPS) is 33.4. The van der Waals surface area contributed by atoms with Crippen molar-refractivity contribution >= 4 is 11.9 Å². The van der Waals surface area contributed by atoms with E-state index < -0.39 is 0 Å². The Hall–Kier alpha value is -2.42. The molecule has 0 bridgehead atoms. The van der Waals surface area contributed by atoms with Crippen LogP contribution in [0.4, 0.5) is 0 Å². The lowest BCUT2D eigenvalue weighted by molar-refractivity contribution is -0.127. The largest absolute Gasteiger partial charge is 0.508 e. The number of aromatic nitrogens is 1. The molecule has 2 fully saturated rings. The molecule has 5 rings (SSSR count). The number of hydrogen-bond donors (Lipinski definition) is 1. The van der Waals surface area contributed by atoms with E-state index in [-0.39, 0.29) is 5.41 Å².